The SMILES string of the molecule is CNC1CC=COC1Cl. The van der Waals surface area contributed by atoms with Crippen molar-refractivity contribution in [3.05, 3.63) is 12.3 Å². The first kappa shape index (κ1) is 6.90. The van der Waals surface area contributed by atoms with Crippen LogP contribution >= 0.6 is 11.6 Å². The first-order valence-electron chi connectivity index (χ1n) is 2.96. The number of likely N-dealkylation sites (N-methyl/N-ethyl adjacent to an activating group) is 1. The second-order valence-electron chi connectivity index (χ2n) is 1.99. The van der Waals surface area contributed by atoms with Gasteiger partial charge in [0.25, 0.3) is 0 Å². The molecule has 0 saturated carbocycles. The summed E-state index contributed by atoms with van der Waals surface area (Å²) in [6.07, 6.45) is 4.55. The Balaban J connectivity index is 2.43. The Kier molecular flexibility index (Phi) is 2.37. The van der Waals surface area contributed by atoms with Gasteiger partial charge in [-0.1, -0.05) is 11.6 Å². The molecule has 0 fully saturated rings. The molecule has 0 aliphatic carbocycles. The third-order valence-corrected chi connectivity index (χ3v) is 1.79. The number of alkyl halides is 1. The lowest BCUT2D eigenvalue weighted by molar-refractivity contribution is 0.161. The van der Waals surface area contributed by atoms with Crippen molar-refractivity contribution in [2.24, 2.45) is 0 Å². The number of halogens is 1. The number of nitrogens with one attached hydrogen (secondary N) is 1. The van der Waals surface area contributed by atoms with E-state index in [2.05, 4.69) is 5.32 Å². The van der Waals surface area contributed by atoms with Crippen LogP contribution in [-0.2, 0) is 4.74 Å². The van der Waals surface area contributed by atoms with E-state index in [0.29, 0.717) is 0 Å². The molecule has 3 heteroatoms. The molecule has 0 saturated heterocycles. The molecule has 0 aromatic carbocycles. The summed E-state index contributed by atoms with van der Waals surface area (Å²) in [6.45, 7) is 0. The summed E-state index contributed by atoms with van der Waals surface area (Å²) < 4.78 is 5.00. The molecule has 0 amide bonds. The molecule has 1 N–H and O–H groups in total. The maximum Gasteiger partial charge on any atom is 0.186 e. The average Bonchev–Trinajstić information content (AvgIpc) is 1.89. The van der Waals surface area contributed by atoms with Crippen molar-refractivity contribution >= 4 is 11.6 Å². The van der Waals surface area contributed by atoms with Crippen LogP contribution in [0.4, 0.5) is 0 Å². The van der Waals surface area contributed by atoms with Gasteiger partial charge in [-0.05, 0) is 19.5 Å². The monoisotopic (exact) mass is 147 g/mol. The van der Waals surface area contributed by atoms with Gasteiger partial charge < -0.3 is 10.1 Å². The normalized spacial score (nSPS) is 34.0. The van der Waals surface area contributed by atoms with Crippen molar-refractivity contribution in [2.75, 3.05) is 7.05 Å². The lowest BCUT2D eigenvalue weighted by atomic mass is 10.2. The second kappa shape index (κ2) is 3.08. The van der Waals surface area contributed by atoms with Gasteiger partial charge in [-0.15, -0.1) is 0 Å². The fraction of sp³-hybridized carbons (Fsp3) is 0.667. The molecule has 0 aromatic rings. The van der Waals surface area contributed by atoms with Gasteiger partial charge in [0, 0.05) is 0 Å². The Morgan fingerprint density at radius 1 is 1.78 bits per heavy atom. The highest BCUT2D eigenvalue weighted by Gasteiger charge is 2.18. The summed E-state index contributed by atoms with van der Waals surface area (Å²) in [4.78, 5) is 0. The molecule has 1 heterocycles. The van der Waals surface area contributed by atoms with E-state index in [1.807, 2.05) is 13.1 Å². The third kappa shape index (κ3) is 1.60. The molecule has 1 aliphatic heterocycles. The third-order valence-electron chi connectivity index (χ3n) is 1.38. The zero-order valence-electron chi connectivity index (χ0n) is 5.30. The van der Waals surface area contributed by atoms with Crippen molar-refractivity contribution in [3.8, 4) is 0 Å². The van der Waals surface area contributed by atoms with E-state index in [4.69, 9.17) is 16.3 Å². The molecule has 2 atom stereocenters. The molecule has 0 aromatic heterocycles. The largest absolute Gasteiger partial charge is 0.481 e. The summed E-state index contributed by atoms with van der Waals surface area (Å²) >= 11 is 5.75. The van der Waals surface area contributed by atoms with Crippen molar-refractivity contribution < 1.29 is 4.74 Å². The zero-order chi connectivity index (χ0) is 6.69. The van der Waals surface area contributed by atoms with Gasteiger partial charge in [-0.2, -0.15) is 0 Å². The highest BCUT2D eigenvalue weighted by molar-refractivity contribution is 6.20. The van der Waals surface area contributed by atoms with Crippen molar-refractivity contribution in [1.29, 1.82) is 0 Å². The number of ether oxygens (including phenoxy) is 1. The maximum atomic E-state index is 5.75. The summed E-state index contributed by atoms with van der Waals surface area (Å²) in [5.74, 6) is 0. The van der Waals surface area contributed by atoms with E-state index in [1.54, 1.807) is 6.26 Å². The van der Waals surface area contributed by atoms with Gasteiger partial charge in [-0.25, -0.2) is 0 Å². The molecular weight excluding hydrogens is 138 g/mol. The summed E-state index contributed by atoms with van der Waals surface area (Å²) in [5.41, 5.74) is -0.208. The summed E-state index contributed by atoms with van der Waals surface area (Å²) in [5, 5.41) is 3.05. The van der Waals surface area contributed by atoms with Gasteiger partial charge in [0.05, 0.1) is 12.3 Å². The molecule has 9 heavy (non-hydrogen) atoms. The minimum atomic E-state index is -0.208. The van der Waals surface area contributed by atoms with Gasteiger partial charge in [0.2, 0.25) is 0 Å². The predicted molar refractivity (Wildman–Crippen MR) is 37.3 cm³/mol. The Labute approximate surface area is 59.8 Å². The van der Waals surface area contributed by atoms with Gasteiger partial charge >= 0.3 is 0 Å². The summed E-state index contributed by atoms with van der Waals surface area (Å²) in [6, 6.07) is 0.261. The molecule has 0 radical (unpaired) electrons. The Morgan fingerprint density at radius 2 is 2.56 bits per heavy atom. The molecule has 1 aliphatic rings. The molecular formula is C6H10ClNO. The molecule has 0 spiro atoms. The molecule has 2 nitrogen and oxygen atoms in total. The Morgan fingerprint density at radius 3 is 3.00 bits per heavy atom. The average molecular weight is 148 g/mol. The van der Waals surface area contributed by atoms with E-state index < -0.39 is 0 Å². The minimum Gasteiger partial charge on any atom is -0.481 e. The minimum absolute atomic E-state index is 0.208. The second-order valence-corrected chi connectivity index (χ2v) is 2.42. The van der Waals surface area contributed by atoms with Crippen LogP contribution in [0.25, 0.3) is 0 Å². The topological polar surface area (TPSA) is 21.3 Å². The fourth-order valence-corrected chi connectivity index (χ4v) is 1.07. The summed E-state index contributed by atoms with van der Waals surface area (Å²) in [7, 11) is 1.88. The Hall–Kier alpha value is -0.210. The first-order valence-corrected chi connectivity index (χ1v) is 3.40. The highest BCUT2D eigenvalue weighted by Crippen LogP contribution is 2.13. The van der Waals surface area contributed by atoms with Gasteiger partial charge in [-0.3, -0.25) is 0 Å². The fourth-order valence-electron chi connectivity index (χ4n) is 0.783. The van der Waals surface area contributed by atoms with E-state index >= 15 is 0 Å². The van der Waals surface area contributed by atoms with Crippen LogP contribution in [0.2, 0.25) is 0 Å². The molecule has 52 valence electrons. The van der Waals surface area contributed by atoms with Gasteiger partial charge in [0.1, 0.15) is 0 Å². The predicted octanol–water partition coefficient (Wildman–Crippen LogP) is 1.07. The quantitative estimate of drug-likeness (QED) is 0.561. The zero-order valence-corrected chi connectivity index (χ0v) is 6.06. The van der Waals surface area contributed by atoms with Crippen molar-refractivity contribution in [3.63, 3.8) is 0 Å². The van der Waals surface area contributed by atoms with Crippen LogP contribution in [0.3, 0.4) is 0 Å². The lowest BCUT2D eigenvalue weighted by Crippen LogP contribution is -2.36. The smallest absolute Gasteiger partial charge is 0.186 e. The van der Waals surface area contributed by atoms with Crippen LogP contribution < -0.4 is 5.32 Å². The number of hydrogen-bond donors (Lipinski definition) is 1. The number of rotatable bonds is 1. The van der Waals surface area contributed by atoms with E-state index in [1.165, 1.54) is 0 Å². The van der Waals surface area contributed by atoms with Crippen molar-refractivity contribution in [2.45, 2.75) is 18.0 Å². The van der Waals surface area contributed by atoms with Crippen LogP contribution in [0, 0.1) is 0 Å². The standard InChI is InChI=1S/C6H10ClNO/c1-8-5-3-2-4-9-6(5)7/h2,4-6,8H,3H2,1H3. The maximum absolute atomic E-state index is 5.75. The van der Waals surface area contributed by atoms with Crippen LogP contribution in [0.5, 0.6) is 0 Å². The first-order chi connectivity index (χ1) is 4.34. The van der Waals surface area contributed by atoms with E-state index in [-0.39, 0.29) is 11.6 Å². The van der Waals surface area contributed by atoms with Gasteiger partial charge in [0.15, 0.2) is 5.56 Å². The van der Waals surface area contributed by atoms with Crippen LogP contribution in [0.15, 0.2) is 12.3 Å². The Bertz CT molecular complexity index is 116. The van der Waals surface area contributed by atoms with E-state index in [0.717, 1.165) is 6.42 Å². The number of hydrogen-bond acceptors (Lipinski definition) is 2. The van der Waals surface area contributed by atoms with Crippen LogP contribution in [0.1, 0.15) is 6.42 Å². The highest BCUT2D eigenvalue weighted by atomic mass is 35.5. The van der Waals surface area contributed by atoms with Crippen LogP contribution in [-0.4, -0.2) is 18.7 Å². The molecule has 1 rings (SSSR count). The molecule has 0 bridgehead atoms. The lowest BCUT2D eigenvalue weighted by Gasteiger charge is -2.22. The van der Waals surface area contributed by atoms with Crippen molar-refractivity contribution in [1.82, 2.24) is 5.32 Å². The van der Waals surface area contributed by atoms with E-state index in [9.17, 15) is 0 Å². The molecule has 2 unspecified atom stereocenters.